The molecule has 0 aliphatic carbocycles. The molecular weight excluding hydrogens is 603 g/mol. The van der Waals surface area contributed by atoms with E-state index in [1.165, 1.54) is 24.4 Å². The molecule has 45 heavy (non-hydrogen) atoms. The molecule has 0 atom stereocenters. The van der Waals surface area contributed by atoms with Crippen LogP contribution in [0.2, 0.25) is 0 Å². The molecule has 0 fully saturated rings. The number of alkyl halides is 3. The van der Waals surface area contributed by atoms with Gasteiger partial charge in [-0.3, -0.25) is 9.10 Å². The number of nitrogens with zero attached hydrogens (tertiary/aromatic N) is 2. The second-order valence-electron chi connectivity index (χ2n) is 10.2. The molecule has 0 heterocycles. The van der Waals surface area contributed by atoms with Gasteiger partial charge < -0.3 is 4.74 Å². The van der Waals surface area contributed by atoms with Gasteiger partial charge >= 0.3 is 6.18 Å². The Morgan fingerprint density at radius 1 is 0.889 bits per heavy atom. The molecular formula is C34H28F3N3O4S. The highest BCUT2D eigenvalue weighted by atomic mass is 32.2. The molecule has 1 amide bonds. The summed E-state index contributed by atoms with van der Waals surface area (Å²) in [6, 6.07) is 30.6. The molecule has 0 aromatic heterocycles. The number of benzene rings is 5. The summed E-state index contributed by atoms with van der Waals surface area (Å²) in [6.07, 6.45) is -3.35. The van der Waals surface area contributed by atoms with Crippen molar-refractivity contribution in [2.24, 2.45) is 5.10 Å². The zero-order chi connectivity index (χ0) is 32.0. The molecule has 230 valence electrons. The molecule has 0 radical (unpaired) electrons. The first-order chi connectivity index (χ1) is 21.5. The summed E-state index contributed by atoms with van der Waals surface area (Å²) < 4.78 is 73.8. The number of anilines is 1. The van der Waals surface area contributed by atoms with Crippen LogP contribution in [0.3, 0.4) is 0 Å². The SMILES string of the molecule is Cc1ccc(S(=O)(=O)N(CC(=O)N/N=C\c2ccc(OCc3cccc4ccccc34)cc2)c2cccc(C(F)(F)F)c2)cc1. The molecule has 0 aliphatic heterocycles. The third-order valence-corrected chi connectivity index (χ3v) is 8.70. The molecule has 0 saturated carbocycles. The Kier molecular flexibility index (Phi) is 9.19. The van der Waals surface area contributed by atoms with Crippen molar-refractivity contribution in [3.8, 4) is 5.75 Å². The van der Waals surface area contributed by atoms with Gasteiger partial charge in [-0.2, -0.15) is 18.3 Å². The number of carbonyl (C=O) groups is 1. The molecule has 0 bridgehead atoms. The second kappa shape index (κ2) is 13.2. The average Bonchev–Trinajstić information content (AvgIpc) is 3.03. The molecule has 1 N–H and O–H groups in total. The normalized spacial score (nSPS) is 11.9. The van der Waals surface area contributed by atoms with Crippen molar-refractivity contribution in [3.05, 3.63) is 138 Å². The number of amides is 1. The molecule has 7 nitrogen and oxygen atoms in total. The minimum absolute atomic E-state index is 0.176. The fourth-order valence-electron chi connectivity index (χ4n) is 4.56. The summed E-state index contributed by atoms with van der Waals surface area (Å²) >= 11 is 0. The minimum atomic E-state index is -4.71. The minimum Gasteiger partial charge on any atom is -0.489 e. The highest BCUT2D eigenvalue weighted by Gasteiger charge is 2.33. The molecule has 5 aromatic rings. The number of nitrogens with one attached hydrogen (secondary N) is 1. The van der Waals surface area contributed by atoms with Crippen LogP contribution in [0.25, 0.3) is 10.8 Å². The van der Waals surface area contributed by atoms with E-state index in [0.717, 1.165) is 34.0 Å². The molecule has 0 unspecified atom stereocenters. The van der Waals surface area contributed by atoms with Crippen molar-refractivity contribution in [2.45, 2.75) is 24.6 Å². The van der Waals surface area contributed by atoms with E-state index >= 15 is 0 Å². The van der Waals surface area contributed by atoms with Gasteiger partial charge in [0.15, 0.2) is 0 Å². The maximum absolute atomic E-state index is 13.5. The van der Waals surface area contributed by atoms with Gasteiger partial charge in [0.1, 0.15) is 18.9 Å². The Hall–Kier alpha value is -5.16. The van der Waals surface area contributed by atoms with Gasteiger partial charge in [-0.15, -0.1) is 0 Å². The maximum atomic E-state index is 13.5. The Morgan fingerprint density at radius 2 is 1.58 bits per heavy atom. The topological polar surface area (TPSA) is 88.1 Å². The Bertz CT molecular complexity index is 1940. The number of halogens is 3. The van der Waals surface area contributed by atoms with Crippen molar-refractivity contribution < 1.29 is 31.1 Å². The average molecular weight is 632 g/mol. The van der Waals surface area contributed by atoms with Crippen molar-refractivity contribution >= 4 is 38.6 Å². The third kappa shape index (κ3) is 7.68. The predicted molar refractivity (Wildman–Crippen MR) is 168 cm³/mol. The lowest BCUT2D eigenvalue weighted by Gasteiger charge is -2.24. The maximum Gasteiger partial charge on any atom is 0.416 e. The first-order valence-electron chi connectivity index (χ1n) is 13.8. The van der Waals surface area contributed by atoms with E-state index in [1.807, 2.05) is 42.5 Å². The van der Waals surface area contributed by atoms with Crippen LogP contribution in [0.4, 0.5) is 18.9 Å². The monoisotopic (exact) mass is 631 g/mol. The standard InChI is InChI=1S/C34H28F3N3O4S/c1-24-12-18-31(19-13-24)45(42,43)40(29-10-5-9-28(20-29)34(35,36)37)22-33(41)39-38-21-25-14-16-30(17-15-25)44-23-27-8-4-7-26-6-2-3-11-32(26)27/h2-21H,22-23H2,1H3,(H,39,41)/b38-21-. The smallest absolute Gasteiger partial charge is 0.416 e. The Morgan fingerprint density at radius 3 is 2.31 bits per heavy atom. The largest absolute Gasteiger partial charge is 0.489 e. The van der Waals surface area contributed by atoms with Crippen LogP contribution in [-0.4, -0.2) is 27.1 Å². The predicted octanol–water partition coefficient (Wildman–Crippen LogP) is 7.09. The molecule has 5 aromatic carbocycles. The fourth-order valence-corrected chi connectivity index (χ4v) is 5.98. The molecule has 0 spiro atoms. The van der Waals surface area contributed by atoms with Gasteiger partial charge in [0.25, 0.3) is 15.9 Å². The summed E-state index contributed by atoms with van der Waals surface area (Å²) in [5, 5.41) is 6.13. The lowest BCUT2D eigenvalue weighted by atomic mass is 10.1. The van der Waals surface area contributed by atoms with Crippen LogP contribution in [0, 0.1) is 6.92 Å². The quantitative estimate of drug-likeness (QED) is 0.132. The summed E-state index contributed by atoms with van der Waals surface area (Å²) in [4.78, 5) is 12.6. The second-order valence-corrected chi connectivity index (χ2v) is 12.0. The lowest BCUT2D eigenvalue weighted by molar-refractivity contribution is -0.137. The lowest BCUT2D eigenvalue weighted by Crippen LogP contribution is -2.39. The van der Waals surface area contributed by atoms with Crippen molar-refractivity contribution in [1.29, 1.82) is 0 Å². The van der Waals surface area contributed by atoms with E-state index < -0.39 is 34.2 Å². The van der Waals surface area contributed by atoms with E-state index in [1.54, 1.807) is 43.3 Å². The highest BCUT2D eigenvalue weighted by molar-refractivity contribution is 7.92. The first kappa shape index (κ1) is 31.3. The van der Waals surface area contributed by atoms with Crippen molar-refractivity contribution in [3.63, 3.8) is 0 Å². The van der Waals surface area contributed by atoms with Crippen molar-refractivity contribution in [1.82, 2.24) is 5.43 Å². The van der Waals surface area contributed by atoms with E-state index in [4.69, 9.17) is 4.74 Å². The van der Waals surface area contributed by atoms with E-state index in [2.05, 4.69) is 10.5 Å². The van der Waals surface area contributed by atoms with Crippen LogP contribution in [0.5, 0.6) is 5.75 Å². The van der Waals surface area contributed by atoms with Crippen LogP contribution < -0.4 is 14.5 Å². The number of ether oxygens (including phenoxy) is 1. The fraction of sp³-hybridized carbons (Fsp3) is 0.118. The van der Waals surface area contributed by atoms with E-state index in [-0.39, 0.29) is 10.6 Å². The number of hydrazone groups is 1. The van der Waals surface area contributed by atoms with Crippen LogP contribution in [0.15, 0.2) is 125 Å². The van der Waals surface area contributed by atoms with Gasteiger partial charge in [-0.25, -0.2) is 13.8 Å². The van der Waals surface area contributed by atoms with E-state index in [0.29, 0.717) is 28.3 Å². The number of sulfonamides is 1. The highest BCUT2D eigenvalue weighted by Crippen LogP contribution is 2.33. The van der Waals surface area contributed by atoms with E-state index in [9.17, 15) is 26.4 Å². The number of rotatable bonds is 10. The Balaban J connectivity index is 1.26. The number of hydrogen-bond donors (Lipinski definition) is 1. The first-order valence-corrected chi connectivity index (χ1v) is 15.2. The van der Waals surface area contributed by atoms with Crippen LogP contribution >= 0.6 is 0 Å². The summed E-state index contributed by atoms with van der Waals surface area (Å²) in [6.45, 7) is 1.33. The molecule has 0 saturated heterocycles. The van der Waals surface area contributed by atoms with Crippen molar-refractivity contribution in [2.75, 3.05) is 10.8 Å². The van der Waals surface area contributed by atoms with Gasteiger partial charge in [0, 0.05) is 0 Å². The van der Waals surface area contributed by atoms with Gasteiger partial charge in [-0.1, -0.05) is 66.2 Å². The van der Waals surface area contributed by atoms with Gasteiger partial charge in [-0.05, 0) is 83.4 Å². The van der Waals surface area contributed by atoms with Crippen LogP contribution in [-0.2, 0) is 27.6 Å². The summed E-state index contributed by atoms with van der Waals surface area (Å²) in [7, 11) is -4.41. The molecule has 11 heteroatoms. The number of carbonyl (C=O) groups excluding carboxylic acids is 1. The number of aryl methyl sites for hydroxylation is 1. The van der Waals surface area contributed by atoms with Gasteiger partial charge in [0.05, 0.1) is 22.4 Å². The molecule has 0 aliphatic rings. The van der Waals surface area contributed by atoms with Crippen LogP contribution in [0.1, 0.15) is 22.3 Å². The zero-order valence-corrected chi connectivity index (χ0v) is 24.8. The number of fused-ring (bicyclic) bond motifs is 1. The molecule has 5 rings (SSSR count). The zero-order valence-electron chi connectivity index (χ0n) is 24.0. The summed E-state index contributed by atoms with van der Waals surface area (Å²) in [5.41, 5.74) is 3.35. The van der Waals surface area contributed by atoms with Gasteiger partial charge in [0.2, 0.25) is 0 Å². The Labute approximate surface area is 258 Å². The summed E-state index contributed by atoms with van der Waals surface area (Å²) in [5.74, 6) is -0.225. The third-order valence-electron chi connectivity index (χ3n) is 6.91. The number of hydrogen-bond acceptors (Lipinski definition) is 5.